The van der Waals surface area contributed by atoms with E-state index >= 15 is 0 Å². The van der Waals surface area contributed by atoms with Crippen molar-refractivity contribution in [3.63, 3.8) is 0 Å². The van der Waals surface area contributed by atoms with Crippen molar-refractivity contribution in [2.24, 2.45) is 0 Å². The molecule has 0 bridgehead atoms. The number of carbonyl (C=O) groups excluding carboxylic acids is 1. The van der Waals surface area contributed by atoms with E-state index in [0.29, 0.717) is 12.3 Å². The van der Waals surface area contributed by atoms with Crippen LogP contribution in [-0.4, -0.2) is 28.2 Å². The largest absolute Gasteiger partial charge is 0.443 e. The van der Waals surface area contributed by atoms with Gasteiger partial charge in [0.2, 0.25) is 0 Å². The normalized spacial score (nSPS) is 11.1. The van der Waals surface area contributed by atoms with Gasteiger partial charge in [0.1, 0.15) is 24.3 Å². The molecular weight excluding hydrogens is 356 g/mol. The number of aromatic nitrogens is 2. The topological polar surface area (TPSA) is 80.4 Å². The Morgan fingerprint density at radius 2 is 1.96 bits per heavy atom. The number of nitriles is 1. The Labute approximate surface area is 163 Å². The minimum Gasteiger partial charge on any atom is -0.443 e. The number of hydrogen-bond acceptors (Lipinski definition) is 5. The van der Waals surface area contributed by atoms with E-state index in [9.17, 15) is 4.79 Å². The predicted molar refractivity (Wildman–Crippen MR) is 106 cm³/mol. The lowest BCUT2D eigenvalue weighted by molar-refractivity contribution is 0.0585. The number of amides is 1. The van der Waals surface area contributed by atoms with Crippen LogP contribution in [0.3, 0.4) is 0 Å². The van der Waals surface area contributed by atoms with Gasteiger partial charge in [-0.3, -0.25) is 4.90 Å². The first-order valence-corrected chi connectivity index (χ1v) is 8.90. The van der Waals surface area contributed by atoms with Crippen LogP contribution in [0.15, 0.2) is 54.7 Å². The zero-order valence-corrected chi connectivity index (χ0v) is 16.1. The molecule has 1 amide bonds. The predicted octanol–water partition coefficient (Wildman–Crippen LogP) is 3.93. The number of ether oxygens (including phenoxy) is 1. The van der Waals surface area contributed by atoms with Crippen LogP contribution in [0.4, 0.5) is 10.5 Å². The van der Waals surface area contributed by atoms with Gasteiger partial charge in [-0.25, -0.2) is 4.79 Å². The average molecular weight is 378 g/mol. The van der Waals surface area contributed by atoms with Crippen LogP contribution in [0.2, 0.25) is 0 Å². The van der Waals surface area contributed by atoms with Gasteiger partial charge in [0.05, 0.1) is 12.3 Å². The number of rotatable bonds is 5. The number of anilines is 1. The molecule has 0 atom stereocenters. The molecule has 0 aliphatic carbocycles. The van der Waals surface area contributed by atoms with Crippen molar-refractivity contribution >= 4 is 22.7 Å². The minimum absolute atomic E-state index is 0.112. The fourth-order valence-electron chi connectivity index (χ4n) is 2.63. The molecule has 144 valence electrons. The number of benzene rings is 2. The molecule has 7 nitrogen and oxygen atoms in total. The Bertz CT molecular complexity index is 1000. The second-order valence-corrected chi connectivity index (χ2v) is 7.24. The molecule has 0 unspecified atom stereocenters. The second-order valence-electron chi connectivity index (χ2n) is 7.24. The van der Waals surface area contributed by atoms with E-state index in [1.165, 1.54) is 9.75 Å². The van der Waals surface area contributed by atoms with Gasteiger partial charge >= 0.3 is 6.09 Å². The van der Waals surface area contributed by atoms with E-state index < -0.39 is 11.7 Å². The van der Waals surface area contributed by atoms with Crippen LogP contribution < -0.4 is 9.74 Å². The number of nitrogens with zero attached hydrogens (tertiary/aromatic N) is 4. The first-order chi connectivity index (χ1) is 13.4. The summed E-state index contributed by atoms with van der Waals surface area (Å²) in [5.41, 5.74) is 1.71. The standard InChI is InChI=1S/C21H22N4O3/c1-21(2,3)28-20(26)24(12-11-22)18-9-10-19-17(13-18)14-23-25(19)27-15-16-7-5-4-6-8-16/h4-10,13-14H,12,15H2,1-3H3. The number of hydrogen-bond donors (Lipinski definition) is 0. The molecular formula is C21H22N4O3. The van der Waals surface area contributed by atoms with Gasteiger partial charge in [-0.2, -0.15) is 5.26 Å². The summed E-state index contributed by atoms with van der Waals surface area (Å²) in [7, 11) is 0. The maximum Gasteiger partial charge on any atom is 0.415 e. The second kappa shape index (κ2) is 8.01. The lowest BCUT2D eigenvalue weighted by Gasteiger charge is -2.25. The SMILES string of the molecule is CC(C)(C)OC(=O)N(CC#N)c1ccc2c(cnn2OCc2ccccc2)c1. The lowest BCUT2D eigenvalue weighted by atomic mass is 10.2. The van der Waals surface area contributed by atoms with Crippen LogP contribution in [0.1, 0.15) is 26.3 Å². The Balaban J connectivity index is 1.81. The van der Waals surface area contributed by atoms with Gasteiger partial charge in [0, 0.05) is 11.1 Å². The van der Waals surface area contributed by atoms with E-state index in [-0.39, 0.29) is 6.54 Å². The zero-order chi connectivity index (χ0) is 20.1. The molecule has 0 aliphatic rings. The molecule has 1 aromatic heterocycles. The van der Waals surface area contributed by atoms with Crippen LogP contribution in [0.25, 0.3) is 10.9 Å². The van der Waals surface area contributed by atoms with Crippen molar-refractivity contribution in [1.29, 1.82) is 5.26 Å². The third kappa shape index (κ3) is 4.60. The Morgan fingerprint density at radius 3 is 2.64 bits per heavy atom. The summed E-state index contributed by atoms with van der Waals surface area (Å²) in [5.74, 6) is 0. The highest BCUT2D eigenvalue weighted by molar-refractivity contribution is 5.92. The van der Waals surface area contributed by atoms with Gasteiger partial charge < -0.3 is 9.57 Å². The molecule has 0 saturated heterocycles. The molecule has 0 fully saturated rings. The fraction of sp³-hybridized carbons (Fsp3) is 0.286. The Morgan fingerprint density at radius 1 is 1.21 bits per heavy atom. The summed E-state index contributed by atoms with van der Waals surface area (Å²) in [6.07, 6.45) is 1.09. The van der Waals surface area contributed by atoms with Crippen molar-refractivity contribution in [3.05, 3.63) is 60.3 Å². The molecule has 3 aromatic rings. The van der Waals surface area contributed by atoms with Gasteiger partial charge in [-0.15, -0.1) is 5.10 Å². The molecule has 28 heavy (non-hydrogen) atoms. The van der Waals surface area contributed by atoms with E-state index in [1.54, 1.807) is 45.2 Å². The van der Waals surface area contributed by atoms with Crippen LogP contribution in [0, 0.1) is 11.3 Å². The molecule has 0 saturated carbocycles. The minimum atomic E-state index is -0.648. The van der Waals surface area contributed by atoms with Crippen molar-refractivity contribution in [2.45, 2.75) is 33.0 Å². The summed E-state index contributed by atoms with van der Waals surface area (Å²) in [6.45, 7) is 5.63. The molecule has 3 rings (SSSR count). The van der Waals surface area contributed by atoms with E-state index in [1.807, 2.05) is 36.4 Å². The van der Waals surface area contributed by atoms with E-state index in [0.717, 1.165) is 16.5 Å². The van der Waals surface area contributed by atoms with Gasteiger partial charge in [0.25, 0.3) is 0 Å². The highest BCUT2D eigenvalue weighted by atomic mass is 16.7. The Kier molecular flexibility index (Phi) is 5.50. The molecule has 0 N–H and O–H groups in total. The third-order valence-corrected chi connectivity index (χ3v) is 3.87. The van der Waals surface area contributed by atoms with Crippen molar-refractivity contribution in [2.75, 3.05) is 11.4 Å². The number of carbonyl (C=O) groups is 1. The summed E-state index contributed by atoms with van der Waals surface area (Å²) >= 11 is 0. The summed E-state index contributed by atoms with van der Waals surface area (Å²) in [5, 5.41) is 14.1. The van der Waals surface area contributed by atoms with Crippen molar-refractivity contribution in [3.8, 4) is 6.07 Å². The lowest BCUT2D eigenvalue weighted by Crippen LogP contribution is -2.37. The summed E-state index contributed by atoms with van der Waals surface area (Å²) in [6, 6.07) is 17.1. The van der Waals surface area contributed by atoms with Crippen molar-refractivity contribution in [1.82, 2.24) is 9.94 Å². The fourth-order valence-corrected chi connectivity index (χ4v) is 2.63. The smallest absolute Gasteiger partial charge is 0.415 e. The maximum atomic E-state index is 12.5. The summed E-state index contributed by atoms with van der Waals surface area (Å²) < 4.78 is 5.40. The van der Waals surface area contributed by atoms with Gasteiger partial charge in [-0.1, -0.05) is 35.2 Å². The zero-order valence-electron chi connectivity index (χ0n) is 16.1. The molecule has 0 aliphatic heterocycles. The molecule has 1 heterocycles. The first-order valence-electron chi connectivity index (χ1n) is 8.90. The highest BCUT2D eigenvalue weighted by Crippen LogP contribution is 2.23. The van der Waals surface area contributed by atoms with Gasteiger partial charge in [-0.05, 0) is 44.5 Å². The highest BCUT2D eigenvalue weighted by Gasteiger charge is 2.23. The van der Waals surface area contributed by atoms with E-state index in [2.05, 4.69) is 5.10 Å². The maximum absolute atomic E-state index is 12.5. The monoisotopic (exact) mass is 378 g/mol. The van der Waals surface area contributed by atoms with E-state index in [4.69, 9.17) is 14.8 Å². The molecule has 7 heteroatoms. The Hall–Kier alpha value is -3.53. The molecule has 0 spiro atoms. The van der Waals surface area contributed by atoms with Crippen LogP contribution in [-0.2, 0) is 11.3 Å². The molecule has 0 radical (unpaired) electrons. The first kappa shape index (κ1) is 19.2. The van der Waals surface area contributed by atoms with Gasteiger partial charge in [0.15, 0.2) is 0 Å². The van der Waals surface area contributed by atoms with Crippen LogP contribution in [0.5, 0.6) is 0 Å². The van der Waals surface area contributed by atoms with Crippen LogP contribution >= 0.6 is 0 Å². The van der Waals surface area contributed by atoms with Crippen molar-refractivity contribution < 1.29 is 14.4 Å². The average Bonchev–Trinajstić information content (AvgIpc) is 3.06. The summed E-state index contributed by atoms with van der Waals surface area (Å²) in [4.78, 5) is 21.0. The number of fused-ring (bicyclic) bond motifs is 1. The molecule has 2 aromatic carbocycles. The third-order valence-electron chi connectivity index (χ3n) is 3.87. The quantitative estimate of drug-likeness (QED) is 0.629.